The normalized spacial score (nSPS) is 35.4. The van der Waals surface area contributed by atoms with Gasteiger partial charge in [-0.1, -0.05) is 6.08 Å². The van der Waals surface area contributed by atoms with E-state index in [2.05, 4.69) is 6.58 Å². The molecule has 14 heavy (non-hydrogen) atoms. The summed E-state index contributed by atoms with van der Waals surface area (Å²) in [6.45, 7) is 3.59. The second-order valence-electron chi connectivity index (χ2n) is 3.47. The van der Waals surface area contributed by atoms with Gasteiger partial charge in [0.15, 0.2) is 0 Å². The number of aliphatic hydroxyl groups is 1. The van der Waals surface area contributed by atoms with Crippen molar-refractivity contribution in [1.29, 1.82) is 0 Å². The van der Waals surface area contributed by atoms with Gasteiger partial charge in [0.05, 0.1) is 25.2 Å². The smallest absolute Gasteiger partial charge is 0.309 e. The third-order valence-corrected chi connectivity index (χ3v) is 2.70. The Balaban J connectivity index is 2.29. The lowest BCUT2D eigenvalue weighted by molar-refractivity contribution is -0.196. The van der Waals surface area contributed by atoms with E-state index in [-0.39, 0.29) is 24.4 Å². The van der Waals surface area contributed by atoms with E-state index < -0.39 is 6.29 Å². The summed E-state index contributed by atoms with van der Waals surface area (Å²) >= 11 is 0. The predicted octanol–water partition coefficient (Wildman–Crippen LogP) is 0.584. The molecule has 0 amide bonds. The molecule has 0 aromatic carbocycles. The van der Waals surface area contributed by atoms with Crippen LogP contribution in [0.4, 0.5) is 0 Å². The van der Waals surface area contributed by atoms with Crippen LogP contribution in [0.5, 0.6) is 0 Å². The Morgan fingerprint density at radius 3 is 3.14 bits per heavy atom. The Morgan fingerprint density at radius 2 is 2.50 bits per heavy atom. The van der Waals surface area contributed by atoms with Gasteiger partial charge in [0.25, 0.3) is 0 Å². The number of esters is 1. The number of fused-ring (bicyclic) bond motifs is 2. The second-order valence-corrected chi connectivity index (χ2v) is 3.47. The van der Waals surface area contributed by atoms with Gasteiger partial charge in [0, 0.05) is 5.92 Å². The van der Waals surface area contributed by atoms with Crippen molar-refractivity contribution in [2.24, 2.45) is 11.8 Å². The molecule has 2 bridgehead atoms. The lowest BCUT2D eigenvalue weighted by atomic mass is 9.80. The van der Waals surface area contributed by atoms with Crippen LogP contribution in [-0.4, -0.2) is 24.0 Å². The largest absolute Gasteiger partial charge is 0.462 e. The third kappa shape index (κ3) is 1.32. The Bertz CT molecular complexity index is 294. The van der Waals surface area contributed by atoms with Crippen LogP contribution < -0.4 is 0 Å². The molecular formula is C10H12O4. The molecule has 2 rings (SSSR count). The van der Waals surface area contributed by atoms with Crippen molar-refractivity contribution in [2.75, 3.05) is 6.61 Å². The van der Waals surface area contributed by atoms with Gasteiger partial charge in [0.1, 0.15) is 0 Å². The van der Waals surface area contributed by atoms with Crippen LogP contribution in [0.25, 0.3) is 0 Å². The van der Waals surface area contributed by atoms with Crippen LogP contribution in [0.1, 0.15) is 6.42 Å². The van der Waals surface area contributed by atoms with E-state index in [9.17, 15) is 4.79 Å². The molecule has 0 spiro atoms. The van der Waals surface area contributed by atoms with Gasteiger partial charge in [-0.15, -0.1) is 6.58 Å². The van der Waals surface area contributed by atoms with Gasteiger partial charge in [0.2, 0.25) is 6.29 Å². The van der Waals surface area contributed by atoms with Crippen LogP contribution >= 0.6 is 0 Å². The molecule has 3 atom stereocenters. The average molecular weight is 196 g/mol. The fourth-order valence-electron chi connectivity index (χ4n) is 1.93. The Labute approximate surface area is 81.8 Å². The zero-order valence-electron chi connectivity index (χ0n) is 7.68. The van der Waals surface area contributed by atoms with Crippen LogP contribution in [-0.2, 0) is 14.3 Å². The molecule has 76 valence electrons. The summed E-state index contributed by atoms with van der Waals surface area (Å²) in [5, 5.41) is 9.07. The summed E-state index contributed by atoms with van der Waals surface area (Å²) in [6, 6.07) is 0. The number of carbonyl (C=O) groups excluding carboxylic acids is 1. The summed E-state index contributed by atoms with van der Waals surface area (Å²) in [6.07, 6.45) is 2.93. The summed E-state index contributed by atoms with van der Waals surface area (Å²) in [5.41, 5.74) is 0.739. The molecule has 0 aromatic rings. The van der Waals surface area contributed by atoms with E-state index in [0.717, 1.165) is 5.57 Å². The minimum absolute atomic E-state index is 0.0162. The van der Waals surface area contributed by atoms with Crippen molar-refractivity contribution in [2.45, 2.75) is 12.7 Å². The zero-order valence-corrected chi connectivity index (χ0v) is 7.68. The van der Waals surface area contributed by atoms with Crippen LogP contribution in [0.15, 0.2) is 24.5 Å². The molecule has 0 radical (unpaired) electrons. The SMILES string of the molecule is C=CC1C2OC=C(CO)C1CC(=O)O2. The van der Waals surface area contributed by atoms with Crippen molar-refractivity contribution in [3.05, 3.63) is 24.5 Å². The van der Waals surface area contributed by atoms with E-state index in [4.69, 9.17) is 14.6 Å². The highest BCUT2D eigenvalue weighted by molar-refractivity contribution is 5.71. The maximum atomic E-state index is 11.2. The minimum Gasteiger partial charge on any atom is -0.462 e. The summed E-state index contributed by atoms with van der Waals surface area (Å²) in [4.78, 5) is 11.2. The fourth-order valence-corrected chi connectivity index (χ4v) is 1.93. The molecule has 2 aliphatic heterocycles. The summed E-state index contributed by atoms with van der Waals surface area (Å²) in [5.74, 6) is -0.338. The number of carbonyl (C=O) groups is 1. The minimum atomic E-state index is -0.561. The highest BCUT2D eigenvalue weighted by Crippen LogP contribution is 2.38. The number of ether oxygens (including phenoxy) is 2. The highest BCUT2D eigenvalue weighted by Gasteiger charge is 2.42. The topological polar surface area (TPSA) is 55.8 Å². The van der Waals surface area contributed by atoms with Gasteiger partial charge >= 0.3 is 5.97 Å². The van der Waals surface area contributed by atoms with Crippen molar-refractivity contribution >= 4 is 5.97 Å². The number of hydrogen-bond donors (Lipinski definition) is 1. The molecule has 1 saturated heterocycles. The molecule has 2 heterocycles. The van der Waals surface area contributed by atoms with Crippen LogP contribution in [0.3, 0.4) is 0 Å². The number of rotatable bonds is 2. The molecule has 0 aliphatic carbocycles. The first-order valence-corrected chi connectivity index (χ1v) is 4.53. The summed E-state index contributed by atoms with van der Waals surface area (Å²) in [7, 11) is 0. The molecule has 1 N–H and O–H groups in total. The molecule has 0 aromatic heterocycles. The molecule has 1 fully saturated rings. The quantitative estimate of drug-likeness (QED) is 0.518. The molecule has 3 unspecified atom stereocenters. The van der Waals surface area contributed by atoms with Gasteiger partial charge in [-0.05, 0) is 5.57 Å². The van der Waals surface area contributed by atoms with Crippen LogP contribution in [0, 0.1) is 11.8 Å². The van der Waals surface area contributed by atoms with Crippen LogP contribution in [0.2, 0.25) is 0 Å². The van der Waals surface area contributed by atoms with E-state index in [1.165, 1.54) is 6.26 Å². The summed E-state index contributed by atoms with van der Waals surface area (Å²) < 4.78 is 10.2. The lowest BCUT2D eigenvalue weighted by Gasteiger charge is -2.39. The van der Waals surface area contributed by atoms with Gasteiger partial charge < -0.3 is 14.6 Å². The average Bonchev–Trinajstić information content (AvgIpc) is 2.17. The molecule has 0 saturated carbocycles. The standard InChI is InChI=1S/C10H12O4/c1-2-7-8-3-9(12)14-10(7)13-5-6(8)4-11/h2,5,7-8,10-11H,1,3-4H2. The van der Waals surface area contributed by atoms with Gasteiger partial charge in [-0.25, -0.2) is 0 Å². The van der Waals surface area contributed by atoms with Crippen molar-refractivity contribution < 1.29 is 19.4 Å². The lowest BCUT2D eigenvalue weighted by Crippen LogP contribution is -2.43. The van der Waals surface area contributed by atoms with E-state index in [1.54, 1.807) is 6.08 Å². The molecule has 2 aliphatic rings. The first-order chi connectivity index (χ1) is 6.76. The van der Waals surface area contributed by atoms with Crippen molar-refractivity contribution in [3.8, 4) is 0 Å². The Morgan fingerprint density at radius 1 is 1.71 bits per heavy atom. The number of aliphatic hydroxyl groups excluding tert-OH is 1. The predicted molar refractivity (Wildman–Crippen MR) is 47.9 cm³/mol. The maximum Gasteiger partial charge on any atom is 0.309 e. The van der Waals surface area contributed by atoms with E-state index >= 15 is 0 Å². The number of hydrogen-bond acceptors (Lipinski definition) is 4. The fraction of sp³-hybridized carbons (Fsp3) is 0.500. The maximum absolute atomic E-state index is 11.2. The molecule has 4 heteroatoms. The van der Waals surface area contributed by atoms with Crippen molar-refractivity contribution in [3.63, 3.8) is 0 Å². The van der Waals surface area contributed by atoms with Gasteiger partial charge in [-0.3, -0.25) is 4.79 Å². The third-order valence-electron chi connectivity index (χ3n) is 2.70. The monoisotopic (exact) mass is 196 g/mol. The van der Waals surface area contributed by atoms with Gasteiger partial charge in [-0.2, -0.15) is 0 Å². The Kier molecular flexibility index (Phi) is 2.29. The zero-order chi connectivity index (χ0) is 10.1. The Hall–Kier alpha value is -1.29. The van der Waals surface area contributed by atoms with Crippen molar-refractivity contribution in [1.82, 2.24) is 0 Å². The first-order valence-electron chi connectivity index (χ1n) is 4.53. The molecule has 4 nitrogen and oxygen atoms in total. The van der Waals surface area contributed by atoms with E-state index in [1.807, 2.05) is 0 Å². The first kappa shape index (κ1) is 9.27. The van der Waals surface area contributed by atoms with E-state index in [0.29, 0.717) is 6.42 Å². The highest BCUT2D eigenvalue weighted by atomic mass is 16.7. The second kappa shape index (κ2) is 3.46. The molecular weight excluding hydrogens is 184 g/mol.